The Morgan fingerprint density at radius 2 is 1.44 bits per heavy atom. The number of ketones is 1. The molecule has 29 nitrogen and oxygen atoms in total. The van der Waals surface area contributed by atoms with Gasteiger partial charge >= 0.3 is 35.7 Å². The van der Waals surface area contributed by atoms with Gasteiger partial charge in [-0.05, 0) is 98.7 Å². The molecular weight excluding hydrogens is 1360 g/mol. The number of hydrogen-bond donors (Lipinski definition) is 7. The third kappa shape index (κ3) is 14.5. The third-order valence-corrected chi connectivity index (χ3v) is 23.2. The number of nitrogens with zero attached hydrogens (tertiary/aromatic N) is 6. The molecule has 554 valence electrons. The molecule has 2 amide bonds. The van der Waals surface area contributed by atoms with Crippen LogP contribution in [-0.4, -0.2) is 221 Å². The summed E-state index contributed by atoms with van der Waals surface area (Å²) < 4.78 is 68.8. The van der Waals surface area contributed by atoms with Gasteiger partial charge < -0.3 is 64.2 Å². The van der Waals surface area contributed by atoms with Crippen LogP contribution in [0.4, 0.5) is 4.79 Å². The number of ether oxygens (including phenoxy) is 6. The van der Waals surface area contributed by atoms with Crippen LogP contribution in [0.3, 0.4) is 0 Å². The first-order valence-corrected chi connectivity index (χ1v) is 35.8. The summed E-state index contributed by atoms with van der Waals surface area (Å²) in [5, 5.41) is 69.2. The SMILES string of the molecule is CC(=O)O[C@@]12CO[C@@H]1C[C@H](O)[C@@]1(C)C(=O)[C@H](O)C3=C(C)[C@@H](OC(=O)[C@H](OC(=O)CCC(=O)N4CCN(S(=O)(=O)N5CCN(Cc6ccc(-n7c(-c8cc(C(C)C)c(O)cc8O)n[nH]c7=O)cc6)CC5)CC4)[C@@H](NC(=O)OC(C)(C)C)c4ccccc4)C[C@@](O)([C@@H](OC(=O)c4ccccc4)[C@H]21)C3(C)C. The molecule has 4 aromatic carbocycles. The monoisotopic (exact) mass is 1450 g/mol. The van der Waals surface area contributed by atoms with Gasteiger partial charge in [0.2, 0.25) is 12.0 Å². The number of aliphatic hydroxyl groups excluding tert-OH is 2. The van der Waals surface area contributed by atoms with Gasteiger partial charge in [0.15, 0.2) is 17.2 Å². The maximum atomic E-state index is 15.5. The highest BCUT2D eigenvalue weighted by atomic mass is 32.2. The topological polar surface area (TPSA) is 386 Å². The molecule has 2 bridgehead atoms. The van der Waals surface area contributed by atoms with E-state index in [-0.39, 0.29) is 103 Å². The molecule has 0 radical (unpaired) electrons. The van der Waals surface area contributed by atoms with E-state index in [1.807, 2.05) is 26.0 Å². The van der Waals surface area contributed by atoms with E-state index in [2.05, 4.69) is 20.4 Å². The minimum absolute atomic E-state index is 0.0108. The molecule has 7 N–H and O–H groups in total. The number of aromatic hydroxyl groups is 2. The van der Waals surface area contributed by atoms with Crippen molar-refractivity contribution in [2.75, 3.05) is 59.0 Å². The Hall–Kier alpha value is -8.88. The zero-order valence-electron chi connectivity index (χ0n) is 59.2. The molecule has 3 aliphatic carbocycles. The van der Waals surface area contributed by atoms with Crippen molar-refractivity contribution in [3.63, 3.8) is 0 Å². The minimum atomic E-state index is -4.00. The summed E-state index contributed by atoms with van der Waals surface area (Å²) >= 11 is 0. The Balaban J connectivity index is 0.780. The second kappa shape index (κ2) is 29.0. The van der Waals surface area contributed by atoms with Crippen LogP contribution in [0.5, 0.6) is 11.5 Å². The number of esters is 4. The molecule has 11 rings (SSSR count). The number of hydrogen-bond acceptors (Lipinski definition) is 23. The summed E-state index contributed by atoms with van der Waals surface area (Å²) in [6, 6.07) is 24.0. The number of H-pyrrole nitrogens is 1. The quantitative estimate of drug-likeness (QED) is 0.0329. The van der Waals surface area contributed by atoms with E-state index >= 15 is 9.59 Å². The van der Waals surface area contributed by atoms with E-state index in [9.17, 15) is 62.7 Å². The van der Waals surface area contributed by atoms with E-state index in [1.165, 1.54) is 76.1 Å². The molecule has 5 aromatic rings. The van der Waals surface area contributed by atoms with E-state index in [0.717, 1.165) is 12.5 Å². The summed E-state index contributed by atoms with van der Waals surface area (Å²) in [6.45, 7) is 16.6. The largest absolute Gasteiger partial charge is 0.508 e. The Morgan fingerprint density at radius 3 is 2.03 bits per heavy atom. The number of phenols is 2. The van der Waals surface area contributed by atoms with Crippen molar-refractivity contribution in [3.05, 3.63) is 141 Å². The molecule has 11 atom stereocenters. The fraction of sp³-hybridized carbons (Fsp3) is 0.521. The van der Waals surface area contributed by atoms with Crippen molar-refractivity contribution >= 4 is 51.9 Å². The summed E-state index contributed by atoms with van der Waals surface area (Å²) in [6.07, 6.45) is -13.7. The number of amides is 2. The number of rotatable bonds is 19. The lowest BCUT2D eigenvalue weighted by molar-refractivity contribution is -0.346. The minimum Gasteiger partial charge on any atom is -0.508 e. The molecule has 1 aromatic heterocycles. The molecule has 0 unspecified atom stereocenters. The number of nitrogens with one attached hydrogen (secondary N) is 2. The average Bonchev–Trinajstić information content (AvgIpc) is 1.35. The number of aliphatic hydroxyl groups is 3. The lowest BCUT2D eigenvalue weighted by atomic mass is 9.44. The molecule has 3 aliphatic heterocycles. The van der Waals surface area contributed by atoms with E-state index in [4.69, 9.17) is 28.4 Å². The number of Topliss-reactive ketones (excluding diaryl/α,β-unsaturated/α-hetero) is 1. The summed E-state index contributed by atoms with van der Waals surface area (Å²) in [5.74, 6) is -7.73. The van der Waals surface area contributed by atoms with Crippen molar-refractivity contribution in [1.82, 2.24) is 38.5 Å². The first kappa shape index (κ1) is 75.3. The zero-order valence-corrected chi connectivity index (χ0v) is 60.0. The number of carbonyl (C=O) groups is 7. The van der Waals surface area contributed by atoms with Crippen molar-refractivity contribution in [1.29, 1.82) is 0 Å². The average molecular weight is 1450 g/mol. The highest BCUT2D eigenvalue weighted by Gasteiger charge is 2.78. The van der Waals surface area contributed by atoms with Crippen LogP contribution in [0.25, 0.3) is 17.1 Å². The van der Waals surface area contributed by atoms with E-state index < -0.39 is 153 Å². The van der Waals surface area contributed by atoms with Crippen molar-refractivity contribution in [2.24, 2.45) is 16.7 Å². The lowest BCUT2D eigenvalue weighted by Crippen LogP contribution is -2.81. The van der Waals surface area contributed by atoms with Gasteiger partial charge in [-0.25, -0.2) is 28.8 Å². The van der Waals surface area contributed by atoms with Gasteiger partial charge in [0.25, 0.3) is 10.2 Å². The van der Waals surface area contributed by atoms with Gasteiger partial charge in [0, 0.05) is 96.6 Å². The molecular formula is C73H90N8O21S. The molecule has 0 spiro atoms. The number of aromatic amines is 1. The number of alkyl carbamates (subject to hydrolysis) is 1. The van der Waals surface area contributed by atoms with Gasteiger partial charge in [0.05, 0.1) is 47.3 Å². The molecule has 4 heterocycles. The molecule has 103 heavy (non-hydrogen) atoms. The van der Waals surface area contributed by atoms with Crippen LogP contribution in [0, 0.1) is 16.7 Å². The molecule has 30 heteroatoms. The number of carbonyl (C=O) groups excluding carboxylic acids is 7. The predicted octanol–water partition coefficient (Wildman–Crippen LogP) is 4.87. The Kier molecular flexibility index (Phi) is 21.2. The number of aromatic nitrogens is 3. The second-order valence-electron chi connectivity index (χ2n) is 29.4. The Morgan fingerprint density at radius 1 is 0.816 bits per heavy atom. The molecule has 3 saturated heterocycles. The van der Waals surface area contributed by atoms with Crippen LogP contribution >= 0.6 is 0 Å². The lowest BCUT2D eigenvalue weighted by Gasteiger charge is -2.67. The van der Waals surface area contributed by atoms with Gasteiger partial charge in [-0.15, -0.1) is 0 Å². The number of phenolic OH excluding ortho intramolecular Hbond substituents is 2. The summed E-state index contributed by atoms with van der Waals surface area (Å²) in [7, 11) is -4.00. The standard InChI is InChI=1S/C73H90N8O21S/c1-41(2)48-35-49(51(84)36-50(48)83)64-75-76-67(92)81(64)47-23-21-44(22-24-47)39-77-27-31-79(32-28-77)103(95,96)80-33-29-78(30-34-80)55(86)25-26-56(87)99-60(58(45-17-13-11-14-18-45)74-68(93)102-69(5,6)7)66(91)98-52-38-73(94)63(100-65(90)46-19-15-12-16-20-46)61-71(10,62(89)59(88)57(42(52)3)70(73,8)9)53(85)37-54-72(61,40-97-54)101-43(4)82/h11-24,35-36,41,52-54,58-61,63,83-85,88,94H,25-34,37-40H2,1-10H3,(H,74,93)(H,76,92)/t52-,53-,54+,58-,59+,60+,61-,63-,71+,72-,73+/m0/s1. The highest BCUT2D eigenvalue weighted by Crippen LogP contribution is 2.64. The third-order valence-electron chi connectivity index (χ3n) is 21.2. The fourth-order valence-corrected chi connectivity index (χ4v) is 17.2. The summed E-state index contributed by atoms with van der Waals surface area (Å²) in [5.41, 5.74) is -7.65. The normalized spacial score (nSPS) is 26.6. The fourth-order valence-electron chi connectivity index (χ4n) is 15.6. The maximum absolute atomic E-state index is 15.5. The Bertz CT molecular complexity index is 4280. The maximum Gasteiger partial charge on any atom is 0.408 e. The van der Waals surface area contributed by atoms with E-state index in [1.54, 1.807) is 75.4 Å². The Labute approximate surface area is 595 Å². The number of piperazine rings is 2. The van der Waals surface area contributed by atoms with Crippen molar-refractivity contribution in [3.8, 4) is 28.6 Å². The summed E-state index contributed by atoms with van der Waals surface area (Å²) in [4.78, 5) is 117. The smallest absolute Gasteiger partial charge is 0.408 e. The first-order valence-electron chi connectivity index (χ1n) is 34.4. The first-order chi connectivity index (χ1) is 48.5. The molecule has 6 aliphatic rings. The zero-order chi connectivity index (χ0) is 74.6. The van der Waals surface area contributed by atoms with Gasteiger partial charge in [-0.1, -0.05) is 88.4 Å². The molecule has 2 saturated carbocycles. The van der Waals surface area contributed by atoms with Crippen LogP contribution < -0.4 is 11.0 Å². The van der Waals surface area contributed by atoms with Crippen molar-refractivity contribution < 1.29 is 95.9 Å². The van der Waals surface area contributed by atoms with Gasteiger partial charge in [-0.2, -0.15) is 22.1 Å². The van der Waals surface area contributed by atoms with Crippen LogP contribution in [0.15, 0.2) is 113 Å². The van der Waals surface area contributed by atoms with Crippen LogP contribution in [0.2, 0.25) is 0 Å². The second-order valence-corrected chi connectivity index (χ2v) is 31.4. The predicted molar refractivity (Wildman–Crippen MR) is 368 cm³/mol. The van der Waals surface area contributed by atoms with Crippen molar-refractivity contribution in [2.45, 2.75) is 167 Å². The van der Waals surface area contributed by atoms with Gasteiger partial charge in [0.1, 0.15) is 53.2 Å². The molecule has 5 fully saturated rings. The number of benzene rings is 4. The number of fused-ring (bicyclic) bond motifs is 5. The van der Waals surface area contributed by atoms with E-state index in [0.29, 0.717) is 30.9 Å². The van der Waals surface area contributed by atoms with Crippen LogP contribution in [-0.2, 0) is 69.1 Å². The highest BCUT2D eigenvalue weighted by molar-refractivity contribution is 7.86. The van der Waals surface area contributed by atoms with Crippen LogP contribution in [0.1, 0.15) is 134 Å². The van der Waals surface area contributed by atoms with Gasteiger partial charge in [-0.3, -0.25) is 24.1 Å².